The maximum absolute atomic E-state index is 6.10. The molecule has 1 fully saturated rings. The van der Waals surface area contributed by atoms with E-state index in [4.69, 9.17) is 18.5 Å². The molecule has 0 saturated heterocycles. The standard InChI is InChI=1S/C21H25N3O4/c1-13-6-9-18(20-22-21(28-24-20)15-7-8-15)14(2)19(13)26-10-4-5-17-11-16(12-25-3)23-27-17/h6,9,11,15H,4-5,7-8,10,12H2,1-3H3. The molecular formula is C21H25N3O4. The zero-order valence-electron chi connectivity index (χ0n) is 16.5. The van der Waals surface area contributed by atoms with Crippen molar-refractivity contribution in [2.75, 3.05) is 13.7 Å². The van der Waals surface area contributed by atoms with Crippen molar-refractivity contribution in [1.29, 1.82) is 0 Å². The van der Waals surface area contributed by atoms with E-state index in [1.54, 1.807) is 7.11 Å². The van der Waals surface area contributed by atoms with E-state index in [0.717, 1.165) is 65.5 Å². The third kappa shape index (κ3) is 4.09. The van der Waals surface area contributed by atoms with Gasteiger partial charge in [-0.3, -0.25) is 0 Å². The lowest BCUT2D eigenvalue weighted by Gasteiger charge is -2.14. The topological polar surface area (TPSA) is 83.4 Å². The second kappa shape index (κ2) is 8.14. The first-order valence-corrected chi connectivity index (χ1v) is 9.66. The molecule has 4 rings (SSSR count). The molecule has 0 unspecified atom stereocenters. The van der Waals surface area contributed by atoms with Crippen molar-refractivity contribution in [3.63, 3.8) is 0 Å². The van der Waals surface area contributed by atoms with Crippen molar-refractivity contribution in [3.05, 3.63) is 46.7 Å². The Balaban J connectivity index is 1.39. The van der Waals surface area contributed by atoms with Crippen molar-refractivity contribution < 1.29 is 18.5 Å². The molecule has 0 N–H and O–H groups in total. The maximum atomic E-state index is 6.10. The van der Waals surface area contributed by atoms with Gasteiger partial charge in [-0.1, -0.05) is 22.4 Å². The lowest BCUT2D eigenvalue weighted by molar-refractivity contribution is 0.177. The normalized spacial score (nSPS) is 13.8. The van der Waals surface area contributed by atoms with Crippen LogP contribution in [0.2, 0.25) is 0 Å². The van der Waals surface area contributed by atoms with Gasteiger partial charge >= 0.3 is 0 Å². The van der Waals surface area contributed by atoms with Crippen LogP contribution in [-0.4, -0.2) is 29.0 Å². The van der Waals surface area contributed by atoms with Crippen molar-refractivity contribution in [2.24, 2.45) is 0 Å². The summed E-state index contributed by atoms with van der Waals surface area (Å²) in [6, 6.07) is 6.00. The first-order chi connectivity index (χ1) is 13.7. The summed E-state index contributed by atoms with van der Waals surface area (Å²) in [5.41, 5.74) is 3.89. The molecule has 148 valence electrons. The molecule has 0 spiro atoms. The summed E-state index contributed by atoms with van der Waals surface area (Å²) in [5.74, 6) is 3.56. The third-order valence-electron chi connectivity index (χ3n) is 4.93. The molecule has 1 aliphatic rings. The molecule has 28 heavy (non-hydrogen) atoms. The van der Waals surface area contributed by atoms with Crippen LogP contribution < -0.4 is 4.74 Å². The van der Waals surface area contributed by atoms with Crippen LogP contribution in [0.3, 0.4) is 0 Å². The predicted octanol–water partition coefficient (Wildman–Crippen LogP) is 4.38. The van der Waals surface area contributed by atoms with E-state index in [2.05, 4.69) is 15.3 Å². The van der Waals surface area contributed by atoms with E-state index in [1.165, 1.54) is 0 Å². The quantitative estimate of drug-likeness (QED) is 0.507. The van der Waals surface area contributed by atoms with Crippen LogP contribution in [0.1, 0.15) is 53.7 Å². The molecule has 1 saturated carbocycles. The summed E-state index contributed by atoms with van der Waals surface area (Å²) < 4.78 is 21.9. The van der Waals surface area contributed by atoms with E-state index in [0.29, 0.717) is 25.0 Å². The van der Waals surface area contributed by atoms with Crippen LogP contribution in [0, 0.1) is 13.8 Å². The number of methoxy groups -OCH3 is 1. The molecule has 1 aromatic carbocycles. The summed E-state index contributed by atoms with van der Waals surface area (Å²) in [5, 5.41) is 8.13. The average molecular weight is 383 g/mol. The van der Waals surface area contributed by atoms with Gasteiger partial charge in [0.2, 0.25) is 11.7 Å². The molecule has 0 amide bonds. The molecule has 1 aliphatic carbocycles. The van der Waals surface area contributed by atoms with Gasteiger partial charge in [0.1, 0.15) is 17.2 Å². The van der Waals surface area contributed by atoms with E-state index in [9.17, 15) is 0 Å². The summed E-state index contributed by atoms with van der Waals surface area (Å²) in [7, 11) is 1.64. The van der Waals surface area contributed by atoms with Gasteiger partial charge in [-0.25, -0.2) is 0 Å². The second-order valence-corrected chi connectivity index (χ2v) is 7.28. The summed E-state index contributed by atoms with van der Waals surface area (Å²) in [6.45, 7) is 5.14. The number of benzene rings is 1. The van der Waals surface area contributed by atoms with Gasteiger partial charge in [-0.2, -0.15) is 4.98 Å². The fraction of sp³-hybridized carbons (Fsp3) is 0.476. The third-order valence-corrected chi connectivity index (χ3v) is 4.93. The molecule has 3 aromatic rings. The van der Waals surface area contributed by atoms with Gasteiger partial charge < -0.3 is 18.5 Å². The average Bonchev–Trinajstić information content (AvgIpc) is 3.24. The van der Waals surface area contributed by atoms with Gasteiger partial charge in [0.05, 0.1) is 13.2 Å². The lowest BCUT2D eigenvalue weighted by Crippen LogP contribution is -2.03. The number of rotatable bonds is 9. The molecular weight excluding hydrogens is 358 g/mol. The van der Waals surface area contributed by atoms with Crippen LogP contribution in [-0.2, 0) is 17.8 Å². The van der Waals surface area contributed by atoms with Crippen molar-refractivity contribution in [2.45, 2.75) is 52.1 Å². The predicted molar refractivity (Wildman–Crippen MR) is 102 cm³/mol. The molecule has 0 bridgehead atoms. The minimum atomic E-state index is 0.447. The van der Waals surface area contributed by atoms with Gasteiger partial charge in [-0.05, 0) is 38.7 Å². The van der Waals surface area contributed by atoms with Crippen LogP contribution in [0.25, 0.3) is 11.4 Å². The summed E-state index contributed by atoms with van der Waals surface area (Å²) >= 11 is 0. The Bertz CT molecular complexity index is 943. The molecule has 7 nitrogen and oxygen atoms in total. The van der Waals surface area contributed by atoms with E-state index in [-0.39, 0.29) is 0 Å². The Kier molecular flexibility index (Phi) is 5.43. The fourth-order valence-electron chi connectivity index (χ4n) is 3.24. The first kappa shape index (κ1) is 18.7. The van der Waals surface area contributed by atoms with Crippen LogP contribution >= 0.6 is 0 Å². The Morgan fingerprint density at radius 3 is 2.79 bits per heavy atom. The Labute approximate surface area is 164 Å². The SMILES string of the molecule is COCc1cc(CCCOc2c(C)ccc(-c3noc(C4CC4)n3)c2C)on1. The van der Waals surface area contributed by atoms with Crippen molar-refractivity contribution in [3.8, 4) is 17.1 Å². The van der Waals surface area contributed by atoms with Gasteiger partial charge in [0.25, 0.3) is 0 Å². The van der Waals surface area contributed by atoms with E-state index < -0.39 is 0 Å². The lowest BCUT2D eigenvalue weighted by atomic mass is 10.0. The number of nitrogens with zero attached hydrogens (tertiary/aromatic N) is 3. The first-order valence-electron chi connectivity index (χ1n) is 9.66. The van der Waals surface area contributed by atoms with E-state index in [1.807, 2.05) is 32.0 Å². The number of aryl methyl sites for hydroxylation is 2. The number of hydrogen-bond acceptors (Lipinski definition) is 7. The zero-order valence-corrected chi connectivity index (χ0v) is 16.5. The van der Waals surface area contributed by atoms with Gasteiger partial charge in [0.15, 0.2) is 0 Å². The molecule has 0 radical (unpaired) electrons. The van der Waals surface area contributed by atoms with Gasteiger partial charge in [-0.15, -0.1) is 0 Å². The van der Waals surface area contributed by atoms with Crippen LogP contribution in [0.5, 0.6) is 5.75 Å². The molecule has 2 aromatic heterocycles. The Hall–Kier alpha value is -2.67. The van der Waals surface area contributed by atoms with Crippen molar-refractivity contribution in [1.82, 2.24) is 15.3 Å². The van der Waals surface area contributed by atoms with Crippen molar-refractivity contribution >= 4 is 0 Å². The van der Waals surface area contributed by atoms with Crippen LogP contribution in [0.4, 0.5) is 0 Å². The Morgan fingerprint density at radius 2 is 2.00 bits per heavy atom. The highest BCUT2D eigenvalue weighted by Crippen LogP contribution is 2.40. The highest BCUT2D eigenvalue weighted by Gasteiger charge is 2.30. The Morgan fingerprint density at radius 1 is 1.14 bits per heavy atom. The monoisotopic (exact) mass is 383 g/mol. The second-order valence-electron chi connectivity index (χ2n) is 7.28. The highest BCUT2D eigenvalue weighted by molar-refractivity contribution is 5.65. The summed E-state index contributed by atoms with van der Waals surface area (Å²) in [4.78, 5) is 4.56. The molecule has 0 aliphatic heterocycles. The highest BCUT2D eigenvalue weighted by atomic mass is 16.5. The number of hydrogen-bond donors (Lipinski definition) is 0. The minimum Gasteiger partial charge on any atom is -0.493 e. The summed E-state index contributed by atoms with van der Waals surface area (Å²) in [6.07, 6.45) is 3.88. The minimum absolute atomic E-state index is 0.447. The molecule has 7 heteroatoms. The number of ether oxygens (including phenoxy) is 2. The maximum Gasteiger partial charge on any atom is 0.230 e. The largest absolute Gasteiger partial charge is 0.493 e. The van der Waals surface area contributed by atoms with E-state index >= 15 is 0 Å². The van der Waals surface area contributed by atoms with Crippen LogP contribution in [0.15, 0.2) is 27.2 Å². The smallest absolute Gasteiger partial charge is 0.230 e. The fourth-order valence-corrected chi connectivity index (χ4v) is 3.24. The van der Waals surface area contributed by atoms with Gasteiger partial charge in [0, 0.05) is 36.6 Å². The zero-order chi connectivity index (χ0) is 19.5. The molecule has 0 atom stereocenters. The molecule has 2 heterocycles. The number of aromatic nitrogens is 3.